The Hall–Kier alpha value is -1.14. The van der Waals surface area contributed by atoms with Gasteiger partial charge in [-0.3, -0.25) is 0 Å². The zero-order valence-electron chi connectivity index (χ0n) is 11.3. The molecule has 6 nitrogen and oxygen atoms in total. The summed E-state index contributed by atoms with van der Waals surface area (Å²) in [6, 6.07) is 0.258. The third kappa shape index (κ3) is 4.18. The molecule has 1 aromatic rings. The molecule has 1 aliphatic rings. The van der Waals surface area contributed by atoms with Crippen LogP contribution in [0.2, 0.25) is 5.28 Å². The molecule has 1 saturated heterocycles. The average molecular weight is 287 g/mol. The first-order valence-electron chi connectivity index (χ1n) is 6.56. The van der Waals surface area contributed by atoms with E-state index < -0.39 is 0 Å². The Morgan fingerprint density at radius 3 is 2.89 bits per heavy atom. The van der Waals surface area contributed by atoms with Gasteiger partial charge in [-0.05, 0) is 37.8 Å². The van der Waals surface area contributed by atoms with E-state index in [4.69, 9.17) is 21.1 Å². The Bertz CT molecular complexity index is 413. The van der Waals surface area contributed by atoms with E-state index in [1.807, 2.05) is 18.9 Å². The summed E-state index contributed by atoms with van der Waals surface area (Å²) in [5, 5.41) is 0.143. The standard InChI is InChI=1S/C12H19ClN4O2/c1-3-18-12-15-10(13)14-11(16-12)17(2)8-9-6-4-5-7-19-9/h9H,3-8H2,1-2H3. The molecule has 1 aromatic heterocycles. The summed E-state index contributed by atoms with van der Waals surface area (Å²) in [5.74, 6) is 0.512. The Kier molecular flexibility index (Phi) is 5.15. The van der Waals surface area contributed by atoms with E-state index in [2.05, 4.69) is 15.0 Å². The minimum atomic E-state index is 0.143. The summed E-state index contributed by atoms with van der Waals surface area (Å²) >= 11 is 5.87. The molecule has 106 valence electrons. The quantitative estimate of drug-likeness (QED) is 0.824. The maximum atomic E-state index is 5.87. The van der Waals surface area contributed by atoms with E-state index in [1.165, 1.54) is 6.42 Å². The van der Waals surface area contributed by atoms with Crippen molar-refractivity contribution in [2.45, 2.75) is 32.3 Å². The number of halogens is 1. The molecule has 1 unspecified atom stereocenters. The number of aromatic nitrogens is 3. The van der Waals surface area contributed by atoms with Gasteiger partial charge in [0.25, 0.3) is 0 Å². The molecule has 1 atom stereocenters. The molecule has 0 aromatic carbocycles. The normalized spacial score (nSPS) is 19.2. The molecule has 19 heavy (non-hydrogen) atoms. The second-order valence-corrected chi connectivity index (χ2v) is 4.83. The lowest BCUT2D eigenvalue weighted by molar-refractivity contribution is 0.0214. The van der Waals surface area contributed by atoms with Crippen LogP contribution in [0, 0.1) is 0 Å². The lowest BCUT2D eigenvalue weighted by Gasteiger charge is -2.27. The molecule has 2 heterocycles. The van der Waals surface area contributed by atoms with Crippen LogP contribution in [0.4, 0.5) is 5.95 Å². The number of nitrogens with zero attached hydrogens (tertiary/aromatic N) is 4. The number of likely N-dealkylation sites (N-methyl/N-ethyl adjacent to an activating group) is 1. The van der Waals surface area contributed by atoms with Gasteiger partial charge in [-0.25, -0.2) is 0 Å². The minimum Gasteiger partial charge on any atom is -0.464 e. The van der Waals surface area contributed by atoms with Crippen LogP contribution in [0.3, 0.4) is 0 Å². The molecular weight excluding hydrogens is 268 g/mol. The van der Waals surface area contributed by atoms with Crippen molar-refractivity contribution in [1.82, 2.24) is 15.0 Å². The Balaban J connectivity index is 2.02. The smallest absolute Gasteiger partial charge is 0.322 e. The van der Waals surface area contributed by atoms with Crippen LogP contribution in [0.25, 0.3) is 0 Å². The third-order valence-electron chi connectivity index (χ3n) is 2.94. The van der Waals surface area contributed by atoms with Crippen LogP contribution < -0.4 is 9.64 Å². The number of hydrogen-bond acceptors (Lipinski definition) is 6. The zero-order valence-corrected chi connectivity index (χ0v) is 12.1. The van der Waals surface area contributed by atoms with Crippen molar-refractivity contribution >= 4 is 17.5 Å². The Morgan fingerprint density at radius 1 is 1.37 bits per heavy atom. The number of ether oxygens (including phenoxy) is 2. The molecule has 2 rings (SSSR count). The fourth-order valence-corrected chi connectivity index (χ4v) is 2.17. The van der Waals surface area contributed by atoms with Crippen molar-refractivity contribution in [3.8, 4) is 6.01 Å². The highest BCUT2D eigenvalue weighted by molar-refractivity contribution is 6.28. The van der Waals surface area contributed by atoms with Gasteiger partial charge >= 0.3 is 6.01 Å². The molecule has 1 aliphatic heterocycles. The summed E-state index contributed by atoms with van der Waals surface area (Å²) < 4.78 is 11.0. The van der Waals surface area contributed by atoms with Gasteiger partial charge in [0, 0.05) is 20.2 Å². The van der Waals surface area contributed by atoms with Crippen LogP contribution in [0.5, 0.6) is 6.01 Å². The second kappa shape index (κ2) is 6.86. The third-order valence-corrected chi connectivity index (χ3v) is 3.11. The van der Waals surface area contributed by atoms with Crippen molar-refractivity contribution in [3.05, 3.63) is 5.28 Å². The van der Waals surface area contributed by atoms with E-state index in [0.29, 0.717) is 12.6 Å². The number of anilines is 1. The van der Waals surface area contributed by atoms with E-state index in [0.717, 1.165) is 26.0 Å². The molecule has 0 aliphatic carbocycles. The predicted octanol–water partition coefficient (Wildman–Crippen LogP) is 1.93. The highest BCUT2D eigenvalue weighted by Gasteiger charge is 2.18. The summed E-state index contributed by atoms with van der Waals surface area (Å²) in [6.07, 6.45) is 3.65. The molecule has 1 fully saturated rings. The lowest BCUT2D eigenvalue weighted by atomic mass is 10.1. The largest absolute Gasteiger partial charge is 0.464 e. The summed E-state index contributed by atoms with van der Waals surface area (Å²) in [6.45, 7) is 3.94. The van der Waals surface area contributed by atoms with Crippen molar-refractivity contribution in [2.24, 2.45) is 0 Å². The highest BCUT2D eigenvalue weighted by Crippen LogP contribution is 2.18. The molecule has 0 amide bonds. The van der Waals surface area contributed by atoms with Gasteiger partial charge in [0.2, 0.25) is 11.2 Å². The van der Waals surface area contributed by atoms with Crippen molar-refractivity contribution in [3.63, 3.8) is 0 Å². The maximum Gasteiger partial charge on any atom is 0.322 e. The second-order valence-electron chi connectivity index (χ2n) is 4.49. The summed E-state index contributed by atoms with van der Waals surface area (Å²) in [5.41, 5.74) is 0. The predicted molar refractivity (Wildman–Crippen MR) is 72.9 cm³/mol. The fourth-order valence-electron chi connectivity index (χ4n) is 2.02. The molecule has 0 N–H and O–H groups in total. The van der Waals surface area contributed by atoms with Gasteiger partial charge in [0.05, 0.1) is 12.7 Å². The first kappa shape index (κ1) is 14.3. The van der Waals surface area contributed by atoms with Crippen LogP contribution >= 0.6 is 11.6 Å². The average Bonchev–Trinajstić information content (AvgIpc) is 2.39. The van der Waals surface area contributed by atoms with Gasteiger partial charge in [-0.1, -0.05) is 0 Å². The van der Waals surface area contributed by atoms with Gasteiger partial charge in [-0.2, -0.15) is 15.0 Å². The van der Waals surface area contributed by atoms with Crippen LogP contribution in [0.1, 0.15) is 26.2 Å². The maximum absolute atomic E-state index is 5.87. The number of hydrogen-bond donors (Lipinski definition) is 0. The van der Waals surface area contributed by atoms with Crippen molar-refractivity contribution in [2.75, 3.05) is 31.7 Å². The lowest BCUT2D eigenvalue weighted by Crippen LogP contribution is -2.34. The van der Waals surface area contributed by atoms with Crippen LogP contribution in [-0.4, -0.2) is 47.9 Å². The van der Waals surface area contributed by atoms with Crippen LogP contribution in [0.15, 0.2) is 0 Å². The monoisotopic (exact) mass is 286 g/mol. The molecule has 0 spiro atoms. The van der Waals surface area contributed by atoms with Gasteiger partial charge < -0.3 is 14.4 Å². The Labute approximate surface area is 118 Å². The first-order valence-corrected chi connectivity index (χ1v) is 6.94. The summed E-state index contributed by atoms with van der Waals surface area (Å²) in [7, 11) is 1.92. The van der Waals surface area contributed by atoms with Gasteiger partial charge in [-0.15, -0.1) is 0 Å². The van der Waals surface area contributed by atoms with E-state index in [1.54, 1.807) is 0 Å². The first-order chi connectivity index (χ1) is 9.19. The number of rotatable bonds is 5. The molecule has 0 bridgehead atoms. The van der Waals surface area contributed by atoms with E-state index in [-0.39, 0.29) is 17.4 Å². The van der Waals surface area contributed by atoms with Crippen LogP contribution in [-0.2, 0) is 4.74 Å². The molecule has 0 saturated carbocycles. The zero-order chi connectivity index (χ0) is 13.7. The molecule has 0 radical (unpaired) electrons. The fraction of sp³-hybridized carbons (Fsp3) is 0.750. The highest BCUT2D eigenvalue weighted by atomic mass is 35.5. The van der Waals surface area contributed by atoms with Crippen molar-refractivity contribution in [1.29, 1.82) is 0 Å². The van der Waals surface area contributed by atoms with Gasteiger partial charge in [0.15, 0.2) is 0 Å². The van der Waals surface area contributed by atoms with E-state index in [9.17, 15) is 0 Å². The minimum absolute atomic E-state index is 0.143. The summed E-state index contributed by atoms with van der Waals surface area (Å²) in [4.78, 5) is 14.2. The van der Waals surface area contributed by atoms with E-state index >= 15 is 0 Å². The molecular formula is C12H19ClN4O2. The van der Waals surface area contributed by atoms with Crippen molar-refractivity contribution < 1.29 is 9.47 Å². The molecule has 7 heteroatoms. The Morgan fingerprint density at radius 2 is 2.21 bits per heavy atom. The van der Waals surface area contributed by atoms with Gasteiger partial charge in [0.1, 0.15) is 0 Å². The topological polar surface area (TPSA) is 60.4 Å². The SMILES string of the molecule is CCOc1nc(Cl)nc(N(C)CC2CCCCO2)n1.